The zero-order chi connectivity index (χ0) is 21.4. The first-order valence-electron chi connectivity index (χ1n) is 9.64. The number of benzene rings is 2. The lowest BCUT2D eigenvalue weighted by Gasteiger charge is -2.18. The molecule has 0 radical (unpaired) electrons. The molecule has 0 saturated heterocycles. The number of nitrogens with zero attached hydrogens (tertiary/aromatic N) is 1. The Morgan fingerprint density at radius 3 is 2.47 bits per heavy atom. The summed E-state index contributed by atoms with van der Waals surface area (Å²) in [5, 5.41) is 2.32. The molecule has 1 fully saturated rings. The summed E-state index contributed by atoms with van der Waals surface area (Å²) in [5.74, 6) is -5.52. The Hall–Kier alpha value is -3.29. The van der Waals surface area contributed by atoms with E-state index in [1.54, 1.807) is 37.3 Å². The van der Waals surface area contributed by atoms with Gasteiger partial charge in [-0.2, -0.15) is 0 Å². The molecule has 30 heavy (non-hydrogen) atoms. The molecule has 156 valence electrons. The SMILES string of the molecule is CCOC(=O)c1cn(C2CC2)c2c(F)c(F)c(F)c(NCc3ccccc3)c2c1=O. The predicted octanol–water partition coefficient (Wildman–Crippen LogP) is 4.54. The molecule has 1 N–H and O–H groups in total. The van der Waals surface area contributed by atoms with Crippen molar-refractivity contribution in [3.8, 4) is 0 Å². The van der Waals surface area contributed by atoms with Crippen LogP contribution in [0, 0.1) is 17.5 Å². The maximum absolute atomic E-state index is 14.8. The van der Waals surface area contributed by atoms with Crippen molar-refractivity contribution in [3.05, 3.63) is 75.3 Å². The van der Waals surface area contributed by atoms with Gasteiger partial charge in [0.15, 0.2) is 17.5 Å². The summed E-state index contributed by atoms with van der Waals surface area (Å²) in [6, 6.07) is 8.67. The maximum atomic E-state index is 14.8. The molecule has 5 nitrogen and oxygen atoms in total. The van der Waals surface area contributed by atoms with Gasteiger partial charge in [-0.25, -0.2) is 18.0 Å². The van der Waals surface area contributed by atoms with Crippen molar-refractivity contribution in [3.63, 3.8) is 0 Å². The van der Waals surface area contributed by atoms with Crippen LogP contribution in [-0.4, -0.2) is 17.1 Å². The van der Waals surface area contributed by atoms with E-state index in [4.69, 9.17) is 4.74 Å². The number of ether oxygens (including phenoxy) is 1. The molecule has 1 heterocycles. The molecule has 0 amide bonds. The van der Waals surface area contributed by atoms with Crippen LogP contribution in [0.4, 0.5) is 18.9 Å². The van der Waals surface area contributed by atoms with Crippen LogP contribution in [0.25, 0.3) is 10.9 Å². The van der Waals surface area contributed by atoms with Gasteiger partial charge in [0.05, 0.1) is 23.2 Å². The highest BCUT2D eigenvalue weighted by Crippen LogP contribution is 2.40. The largest absolute Gasteiger partial charge is 0.462 e. The lowest BCUT2D eigenvalue weighted by molar-refractivity contribution is 0.0524. The number of aromatic nitrogens is 1. The molecule has 1 aliphatic rings. The molecule has 8 heteroatoms. The van der Waals surface area contributed by atoms with Crippen molar-refractivity contribution in [1.82, 2.24) is 4.57 Å². The number of hydrogen-bond donors (Lipinski definition) is 1. The second-order valence-corrected chi connectivity index (χ2v) is 7.11. The van der Waals surface area contributed by atoms with E-state index < -0.39 is 39.9 Å². The zero-order valence-electron chi connectivity index (χ0n) is 16.2. The first-order chi connectivity index (χ1) is 14.4. The standard InChI is InChI=1S/C22H19F3N2O3/c1-2-30-22(29)14-11-27(13-8-9-13)20-15(21(14)28)19(17(24)16(23)18(20)25)26-10-12-6-4-3-5-7-12/h3-7,11,13,26H,2,8-10H2,1H3. The number of hydrogen-bond acceptors (Lipinski definition) is 4. The number of fused-ring (bicyclic) bond motifs is 1. The van der Waals surface area contributed by atoms with E-state index >= 15 is 0 Å². The Morgan fingerprint density at radius 1 is 1.13 bits per heavy atom. The van der Waals surface area contributed by atoms with Crippen molar-refractivity contribution in [1.29, 1.82) is 0 Å². The average molecular weight is 416 g/mol. The first-order valence-corrected chi connectivity index (χ1v) is 9.64. The molecular weight excluding hydrogens is 397 g/mol. The molecule has 0 atom stereocenters. The molecule has 1 saturated carbocycles. The van der Waals surface area contributed by atoms with Gasteiger partial charge in [-0.1, -0.05) is 30.3 Å². The summed E-state index contributed by atoms with van der Waals surface area (Å²) in [6.07, 6.45) is 2.53. The number of nitrogens with one attached hydrogen (secondary N) is 1. The van der Waals surface area contributed by atoms with Gasteiger partial charge in [-0.15, -0.1) is 0 Å². The van der Waals surface area contributed by atoms with Crippen molar-refractivity contribution in [2.75, 3.05) is 11.9 Å². The average Bonchev–Trinajstić information content (AvgIpc) is 3.58. The second kappa shape index (κ2) is 7.85. The van der Waals surface area contributed by atoms with E-state index in [2.05, 4.69) is 5.32 Å². The van der Waals surface area contributed by atoms with Gasteiger partial charge in [0.2, 0.25) is 5.43 Å². The summed E-state index contributed by atoms with van der Waals surface area (Å²) in [5.41, 5.74) is -1.33. The van der Waals surface area contributed by atoms with E-state index in [0.717, 1.165) is 5.56 Å². The number of anilines is 1. The Labute approximate surface area is 170 Å². The number of rotatable bonds is 6. The van der Waals surface area contributed by atoms with Crippen molar-refractivity contribution < 1.29 is 22.7 Å². The topological polar surface area (TPSA) is 60.3 Å². The summed E-state index contributed by atoms with van der Waals surface area (Å²) in [4.78, 5) is 25.4. The molecular formula is C22H19F3N2O3. The van der Waals surface area contributed by atoms with Crippen LogP contribution in [0.1, 0.15) is 41.7 Å². The number of carbonyl (C=O) groups is 1. The van der Waals surface area contributed by atoms with Gasteiger partial charge >= 0.3 is 5.97 Å². The first kappa shape index (κ1) is 20.0. The Balaban J connectivity index is 1.97. The van der Waals surface area contributed by atoms with Crippen LogP contribution in [0.2, 0.25) is 0 Å². The highest BCUT2D eigenvalue weighted by atomic mass is 19.2. The monoisotopic (exact) mass is 416 g/mol. The van der Waals surface area contributed by atoms with E-state index in [9.17, 15) is 22.8 Å². The zero-order valence-corrected chi connectivity index (χ0v) is 16.2. The molecule has 0 bridgehead atoms. The highest BCUT2D eigenvalue weighted by molar-refractivity contribution is 5.99. The van der Waals surface area contributed by atoms with E-state index in [1.807, 2.05) is 0 Å². The summed E-state index contributed by atoms with van der Waals surface area (Å²) >= 11 is 0. The predicted molar refractivity (Wildman–Crippen MR) is 106 cm³/mol. The fourth-order valence-corrected chi connectivity index (χ4v) is 3.46. The van der Waals surface area contributed by atoms with Gasteiger partial charge in [-0.05, 0) is 25.3 Å². The van der Waals surface area contributed by atoms with Crippen LogP contribution < -0.4 is 10.7 Å². The molecule has 1 aliphatic carbocycles. The fraction of sp³-hybridized carbons (Fsp3) is 0.273. The van der Waals surface area contributed by atoms with Gasteiger partial charge in [0.1, 0.15) is 5.56 Å². The fourth-order valence-electron chi connectivity index (χ4n) is 3.46. The Bertz CT molecular complexity index is 1190. The molecule has 0 aliphatic heterocycles. The van der Waals surface area contributed by atoms with Gasteiger partial charge < -0.3 is 14.6 Å². The minimum Gasteiger partial charge on any atom is -0.462 e. The van der Waals surface area contributed by atoms with Crippen LogP contribution >= 0.6 is 0 Å². The third-order valence-electron chi connectivity index (χ3n) is 5.05. The quantitative estimate of drug-likeness (QED) is 0.473. The lowest BCUT2D eigenvalue weighted by atomic mass is 10.1. The van der Waals surface area contributed by atoms with E-state index in [-0.39, 0.29) is 30.3 Å². The Kier molecular flexibility index (Phi) is 5.24. The van der Waals surface area contributed by atoms with Crippen LogP contribution in [0.15, 0.2) is 41.3 Å². The number of pyridine rings is 1. The normalized spacial score (nSPS) is 13.5. The molecule has 2 aromatic carbocycles. The number of halogens is 3. The molecule has 1 aromatic heterocycles. The summed E-state index contributed by atoms with van der Waals surface area (Å²) in [6.45, 7) is 1.69. The van der Waals surface area contributed by atoms with E-state index in [1.165, 1.54) is 10.8 Å². The van der Waals surface area contributed by atoms with Crippen LogP contribution in [0.3, 0.4) is 0 Å². The van der Waals surface area contributed by atoms with Crippen molar-refractivity contribution >= 4 is 22.6 Å². The van der Waals surface area contributed by atoms with Crippen LogP contribution in [0.5, 0.6) is 0 Å². The summed E-state index contributed by atoms with van der Waals surface area (Å²) in [7, 11) is 0. The minimum atomic E-state index is -1.67. The highest BCUT2D eigenvalue weighted by Gasteiger charge is 2.32. The molecule has 3 aromatic rings. The minimum absolute atomic E-state index is 0.0327. The van der Waals surface area contributed by atoms with Gasteiger partial charge in [0, 0.05) is 18.8 Å². The summed E-state index contributed by atoms with van der Waals surface area (Å²) < 4.78 is 50.3. The number of esters is 1. The number of carbonyl (C=O) groups excluding carboxylic acids is 1. The molecule has 0 unspecified atom stereocenters. The van der Waals surface area contributed by atoms with Crippen molar-refractivity contribution in [2.24, 2.45) is 0 Å². The maximum Gasteiger partial charge on any atom is 0.343 e. The van der Waals surface area contributed by atoms with Crippen LogP contribution in [-0.2, 0) is 11.3 Å². The van der Waals surface area contributed by atoms with E-state index in [0.29, 0.717) is 12.8 Å². The smallest absolute Gasteiger partial charge is 0.343 e. The molecule has 0 spiro atoms. The third-order valence-corrected chi connectivity index (χ3v) is 5.05. The van der Waals surface area contributed by atoms with Gasteiger partial charge in [-0.3, -0.25) is 4.79 Å². The van der Waals surface area contributed by atoms with Crippen molar-refractivity contribution in [2.45, 2.75) is 32.4 Å². The molecule has 4 rings (SSSR count). The Morgan fingerprint density at radius 2 is 1.83 bits per heavy atom. The third kappa shape index (κ3) is 3.42. The lowest BCUT2D eigenvalue weighted by Crippen LogP contribution is -2.23. The van der Waals surface area contributed by atoms with Gasteiger partial charge in [0.25, 0.3) is 0 Å². The second-order valence-electron chi connectivity index (χ2n) is 7.11.